The number of likely N-dealkylation sites (N-methyl/N-ethyl adjacent to an activating group) is 1. The summed E-state index contributed by atoms with van der Waals surface area (Å²) in [5.41, 5.74) is 0. The third kappa shape index (κ3) is 4.89. The molecule has 1 saturated heterocycles. The van der Waals surface area contributed by atoms with E-state index >= 15 is 0 Å². The highest BCUT2D eigenvalue weighted by Crippen LogP contribution is 2.18. The Kier molecular flexibility index (Phi) is 6.41. The number of amides is 2. The molecule has 0 aromatic rings. The van der Waals surface area contributed by atoms with Crippen LogP contribution in [-0.2, 0) is 19.1 Å². The number of methoxy groups -OCH3 is 1. The lowest BCUT2D eigenvalue weighted by atomic mass is 10.1. The van der Waals surface area contributed by atoms with Crippen molar-refractivity contribution in [3.8, 4) is 0 Å². The third-order valence-corrected chi connectivity index (χ3v) is 3.61. The zero-order valence-corrected chi connectivity index (χ0v) is 12.5. The first kappa shape index (κ1) is 17.2. The second-order valence-corrected chi connectivity index (χ2v) is 5.00. The Balaban J connectivity index is 2.55. The molecular formula is C13H22N2O6. The van der Waals surface area contributed by atoms with Gasteiger partial charge in [-0.25, -0.2) is 9.59 Å². The molecule has 0 saturated carbocycles. The second-order valence-electron chi connectivity index (χ2n) is 5.00. The number of nitrogens with zero attached hydrogens (tertiary/aromatic N) is 1. The summed E-state index contributed by atoms with van der Waals surface area (Å²) in [4.78, 5) is 35.7. The van der Waals surface area contributed by atoms with E-state index in [4.69, 9.17) is 9.84 Å². The Bertz CT molecular complexity index is 400. The number of hydrogen-bond acceptors (Lipinski definition) is 5. The molecule has 120 valence electrons. The number of hydrogen-bond donors (Lipinski definition) is 2. The molecule has 8 heteroatoms. The highest BCUT2D eigenvalue weighted by atomic mass is 16.5. The number of aliphatic carboxylic acids is 1. The van der Waals surface area contributed by atoms with Crippen molar-refractivity contribution in [2.45, 2.75) is 44.4 Å². The summed E-state index contributed by atoms with van der Waals surface area (Å²) < 4.78 is 9.84. The van der Waals surface area contributed by atoms with Gasteiger partial charge in [-0.1, -0.05) is 0 Å². The average Bonchev–Trinajstić information content (AvgIpc) is 2.87. The molecule has 0 radical (unpaired) electrons. The van der Waals surface area contributed by atoms with Crippen LogP contribution in [0.2, 0.25) is 0 Å². The maximum Gasteiger partial charge on any atom is 0.326 e. The van der Waals surface area contributed by atoms with Gasteiger partial charge in [0.25, 0.3) is 0 Å². The van der Waals surface area contributed by atoms with Crippen molar-refractivity contribution in [2.24, 2.45) is 0 Å². The first-order chi connectivity index (χ1) is 9.86. The Morgan fingerprint density at radius 3 is 2.62 bits per heavy atom. The van der Waals surface area contributed by atoms with E-state index < -0.39 is 24.0 Å². The lowest BCUT2D eigenvalue weighted by Gasteiger charge is -2.28. The number of carboxylic acids is 1. The maximum absolute atomic E-state index is 12.1. The topological polar surface area (TPSA) is 105 Å². The number of urea groups is 1. The van der Waals surface area contributed by atoms with Crippen LogP contribution >= 0.6 is 0 Å². The number of nitrogens with one attached hydrogen (secondary N) is 1. The van der Waals surface area contributed by atoms with E-state index in [1.54, 1.807) is 7.05 Å². The van der Waals surface area contributed by atoms with Gasteiger partial charge in [0, 0.05) is 20.1 Å². The molecule has 1 fully saturated rings. The molecule has 1 aliphatic rings. The molecule has 3 atom stereocenters. The van der Waals surface area contributed by atoms with Crippen LogP contribution in [0.4, 0.5) is 4.79 Å². The fourth-order valence-electron chi connectivity index (χ4n) is 2.25. The molecule has 1 heterocycles. The fourth-order valence-corrected chi connectivity index (χ4v) is 2.25. The molecule has 0 aromatic carbocycles. The van der Waals surface area contributed by atoms with Gasteiger partial charge in [-0.05, 0) is 19.8 Å². The number of carbonyl (C=O) groups is 3. The van der Waals surface area contributed by atoms with Crippen LogP contribution in [0.5, 0.6) is 0 Å². The number of carbonyl (C=O) groups excluding carboxylic acids is 2. The normalized spacial score (nSPS) is 22.4. The van der Waals surface area contributed by atoms with E-state index in [2.05, 4.69) is 10.1 Å². The number of rotatable bonds is 6. The van der Waals surface area contributed by atoms with E-state index in [9.17, 15) is 14.4 Å². The molecule has 21 heavy (non-hydrogen) atoms. The monoisotopic (exact) mass is 302 g/mol. The molecule has 0 spiro atoms. The Morgan fingerprint density at radius 2 is 2.14 bits per heavy atom. The molecule has 0 aliphatic carbocycles. The number of ether oxygens (including phenoxy) is 2. The van der Waals surface area contributed by atoms with Crippen molar-refractivity contribution in [3.63, 3.8) is 0 Å². The van der Waals surface area contributed by atoms with E-state index in [1.165, 1.54) is 12.0 Å². The summed E-state index contributed by atoms with van der Waals surface area (Å²) >= 11 is 0. The molecule has 2 amide bonds. The SMILES string of the molecule is COC(=O)CC[C@H](NC(=O)N(C)C1CCOC1C)C(=O)O. The van der Waals surface area contributed by atoms with Gasteiger partial charge >= 0.3 is 18.0 Å². The summed E-state index contributed by atoms with van der Waals surface area (Å²) in [6, 6.07) is -1.70. The highest BCUT2D eigenvalue weighted by Gasteiger charge is 2.32. The van der Waals surface area contributed by atoms with Crippen LogP contribution < -0.4 is 5.32 Å². The summed E-state index contributed by atoms with van der Waals surface area (Å²) in [7, 11) is 2.83. The largest absolute Gasteiger partial charge is 0.480 e. The van der Waals surface area contributed by atoms with Gasteiger partial charge < -0.3 is 24.8 Å². The number of carboxylic acid groups (broad SMARTS) is 1. The van der Waals surface area contributed by atoms with Crippen LogP contribution in [0.1, 0.15) is 26.2 Å². The Labute approximate surface area is 123 Å². The summed E-state index contributed by atoms with van der Waals surface area (Å²) in [5.74, 6) is -1.70. The van der Waals surface area contributed by atoms with Gasteiger partial charge in [0.2, 0.25) is 0 Å². The zero-order chi connectivity index (χ0) is 16.0. The van der Waals surface area contributed by atoms with Gasteiger partial charge in [-0.3, -0.25) is 4.79 Å². The van der Waals surface area contributed by atoms with Crippen molar-refractivity contribution in [1.29, 1.82) is 0 Å². The summed E-state index contributed by atoms with van der Waals surface area (Å²) in [6.07, 6.45) is 0.544. The fraction of sp³-hybridized carbons (Fsp3) is 0.769. The predicted molar refractivity (Wildman–Crippen MR) is 72.8 cm³/mol. The van der Waals surface area contributed by atoms with Crippen molar-refractivity contribution >= 4 is 18.0 Å². The van der Waals surface area contributed by atoms with Crippen LogP contribution in [0.25, 0.3) is 0 Å². The van der Waals surface area contributed by atoms with Gasteiger partial charge in [0.15, 0.2) is 0 Å². The average molecular weight is 302 g/mol. The minimum atomic E-state index is -1.18. The molecule has 0 bridgehead atoms. The van der Waals surface area contributed by atoms with Crippen molar-refractivity contribution < 1.29 is 29.0 Å². The van der Waals surface area contributed by atoms with Gasteiger partial charge in [-0.15, -0.1) is 0 Å². The first-order valence-corrected chi connectivity index (χ1v) is 6.81. The van der Waals surface area contributed by atoms with Crippen molar-refractivity contribution in [3.05, 3.63) is 0 Å². The predicted octanol–water partition coefficient (Wildman–Crippen LogP) is 0.212. The van der Waals surface area contributed by atoms with Crippen molar-refractivity contribution in [2.75, 3.05) is 20.8 Å². The molecule has 2 N–H and O–H groups in total. The van der Waals surface area contributed by atoms with E-state index in [0.29, 0.717) is 13.0 Å². The molecular weight excluding hydrogens is 280 g/mol. The second kappa shape index (κ2) is 7.82. The summed E-state index contributed by atoms with van der Waals surface area (Å²) in [6.45, 7) is 2.45. The standard InChI is InChI=1S/C13H22N2O6/c1-8-10(6-7-21-8)15(2)13(19)14-9(12(17)18)4-5-11(16)20-3/h8-10H,4-7H2,1-3H3,(H,14,19)(H,17,18)/t8?,9-,10?/m0/s1. The van der Waals surface area contributed by atoms with E-state index in [1.807, 2.05) is 6.92 Å². The quantitative estimate of drug-likeness (QED) is 0.680. The zero-order valence-electron chi connectivity index (χ0n) is 12.5. The smallest absolute Gasteiger partial charge is 0.326 e. The van der Waals surface area contributed by atoms with Gasteiger partial charge in [-0.2, -0.15) is 0 Å². The molecule has 8 nitrogen and oxygen atoms in total. The van der Waals surface area contributed by atoms with Crippen LogP contribution in [0.3, 0.4) is 0 Å². The Morgan fingerprint density at radius 1 is 1.48 bits per heavy atom. The van der Waals surface area contributed by atoms with Crippen LogP contribution in [0.15, 0.2) is 0 Å². The van der Waals surface area contributed by atoms with Gasteiger partial charge in [0.1, 0.15) is 6.04 Å². The minimum absolute atomic E-state index is 0.0156. The lowest BCUT2D eigenvalue weighted by Crippen LogP contribution is -2.51. The Hall–Kier alpha value is -1.83. The van der Waals surface area contributed by atoms with Crippen molar-refractivity contribution in [1.82, 2.24) is 10.2 Å². The first-order valence-electron chi connectivity index (χ1n) is 6.81. The van der Waals surface area contributed by atoms with Crippen LogP contribution in [0, 0.1) is 0 Å². The van der Waals surface area contributed by atoms with E-state index in [0.717, 1.165) is 0 Å². The third-order valence-electron chi connectivity index (χ3n) is 3.61. The highest BCUT2D eigenvalue weighted by molar-refractivity contribution is 5.83. The lowest BCUT2D eigenvalue weighted by molar-refractivity contribution is -0.142. The molecule has 1 rings (SSSR count). The molecule has 2 unspecified atom stereocenters. The molecule has 0 aromatic heterocycles. The van der Waals surface area contributed by atoms with Gasteiger partial charge in [0.05, 0.1) is 19.3 Å². The maximum atomic E-state index is 12.1. The molecule has 1 aliphatic heterocycles. The van der Waals surface area contributed by atoms with Crippen LogP contribution in [-0.4, -0.2) is 66.9 Å². The summed E-state index contributed by atoms with van der Waals surface area (Å²) in [5, 5.41) is 11.5. The minimum Gasteiger partial charge on any atom is -0.480 e. The van der Waals surface area contributed by atoms with E-state index in [-0.39, 0.29) is 25.0 Å². The number of esters is 1.